The Balaban J connectivity index is 1.50. The summed E-state index contributed by atoms with van der Waals surface area (Å²) >= 11 is 0. The number of amides is 2. The van der Waals surface area contributed by atoms with E-state index in [9.17, 15) is 9.90 Å². The zero-order valence-corrected chi connectivity index (χ0v) is 13.5. The third kappa shape index (κ3) is 4.38. The maximum atomic E-state index is 12.1. The normalized spacial score (nSPS) is 24.6. The van der Waals surface area contributed by atoms with Gasteiger partial charge in [0.1, 0.15) is 5.75 Å². The Kier molecular flexibility index (Phi) is 5.39. The number of aliphatic hydroxyl groups excluding tert-OH is 1. The molecule has 2 unspecified atom stereocenters. The van der Waals surface area contributed by atoms with Crippen LogP contribution in [0.25, 0.3) is 0 Å². The summed E-state index contributed by atoms with van der Waals surface area (Å²) in [5.74, 6) is 0.857. The van der Waals surface area contributed by atoms with Crippen LogP contribution in [-0.4, -0.2) is 29.4 Å². The van der Waals surface area contributed by atoms with Gasteiger partial charge >= 0.3 is 6.03 Å². The van der Waals surface area contributed by atoms with Gasteiger partial charge in [-0.15, -0.1) is 0 Å². The first-order chi connectivity index (χ1) is 11.2. The van der Waals surface area contributed by atoms with Gasteiger partial charge in [-0.25, -0.2) is 4.79 Å². The Morgan fingerprint density at radius 3 is 2.65 bits per heavy atom. The number of aliphatic hydroxyl groups is 1. The van der Waals surface area contributed by atoms with E-state index in [-0.39, 0.29) is 12.1 Å². The minimum atomic E-state index is -0.427. The third-order valence-corrected chi connectivity index (χ3v) is 4.80. The molecular formula is C18H26N2O3. The Bertz CT molecular complexity index is 531. The largest absolute Gasteiger partial charge is 0.490 e. The molecule has 0 radical (unpaired) electrons. The fourth-order valence-electron chi connectivity index (χ4n) is 3.11. The molecule has 5 heteroatoms. The summed E-state index contributed by atoms with van der Waals surface area (Å²) in [6.45, 7) is 0.428. The lowest BCUT2D eigenvalue weighted by molar-refractivity contribution is 0.0942. The lowest BCUT2D eigenvalue weighted by atomic mass is 9.93. The van der Waals surface area contributed by atoms with E-state index < -0.39 is 6.10 Å². The van der Waals surface area contributed by atoms with Gasteiger partial charge in [0.2, 0.25) is 0 Å². The number of para-hydroxylation sites is 1. The molecule has 0 bridgehead atoms. The number of rotatable bonds is 5. The molecule has 0 heterocycles. The van der Waals surface area contributed by atoms with Crippen LogP contribution in [-0.2, 0) is 6.54 Å². The van der Waals surface area contributed by atoms with Crippen LogP contribution in [0.2, 0.25) is 0 Å². The molecule has 126 valence electrons. The Labute approximate surface area is 137 Å². The number of ether oxygens (including phenoxy) is 1. The van der Waals surface area contributed by atoms with Crippen LogP contribution in [0.3, 0.4) is 0 Å². The van der Waals surface area contributed by atoms with Crippen molar-refractivity contribution in [1.29, 1.82) is 0 Å². The van der Waals surface area contributed by atoms with Crippen molar-refractivity contribution in [3.63, 3.8) is 0 Å². The summed E-state index contributed by atoms with van der Waals surface area (Å²) in [4.78, 5) is 12.1. The van der Waals surface area contributed by atoms with Crippen LogP contribution >= 0.6 is 0 Å². The van der Waals surface area contributed by atoms with Gasteiger partial charge in [0.15, 0.2) is 0 Å². The number of urea groups is 1. The molecule has 2 fully saturated rings. The van der Waals surface area contributed by atoms with Gasteiger partial charge in [-0.3, -0.25) is 0 Å². The van der Waals surface area contributed by atoms with Gasteiger partial charge in [-0.1, -0.05) is 31.0 Å². The van der Waals surface area contributed by atoms with E-state index in [1.165, 1.54) is 6.42 Å². The van der Waals surface area contributed by atoms with Crippen molar-refractivity contribution >= 4 is 6.03 Å². The van der Waals surface area contributed by atoms with Crippen LogP contribution < -0.4 is 15.4 Å². The fourth-order valence-corrected chi connectivity index (χ4v) is 3.11. The van der Waals surface area contributed by atoms with E-state index in [0.717, 1.165) is 49.8 Å². The van der Waals surface area contributed by atoms with Gasteiger partial charge in [-0.2, -0.15) is 0 Å². The van der Waals surface area contributed by atoms with Gasteiger partial charge in [0, 0.05) is 12.1 Å². The first-order valence-electron chi connectivity index (χ1n) is 8.69. The molecule has 0 aromatic heterocycles. The van der Waals surface area contributed by atoms with Crippen molar-refractivity contribution in [1.82, 2.24) is 10.6 Å². The highest BCUT2D eigenvalue weighted by atomic mass is 16.5. The number of carbonyl (C=O) groups is 1. The average molecular weight is 318 g/mol. The van der Waals surface area contributed by atoms with Crippen LogP contribution in [0.4, 0.5) is 4.79 Å². The summed E-state index contributed by atoms with van der Waals surface area (Å²) in [7, 11) is 0. The van der Waals surface area contributed by atoms with E-state index in [0.29, 0.717) is 12.6 Å². The van der Waals surface area contributed by atoms with Crippen molar-refractivity contribution in [2.24, 2.45) is 0 Å². The number of hydrogen-bond acceptors (Lipinski definition) is 3. The predicted octanol–water partition coefficient (Wildman–Crippen LogP) is 2.72. The summed E-state index contributed by atoms with van der Waals surface area (Å²) in [5, 5.41) is 15.7. The van der Waals surface area contributed by atoms with E-state index in [1.807, 2.05) is 24.3 Å². The average Bonchev–Trinajstić information content (AvgIpc) is 2.52. The molecule has 23 heavy (non-hydrogen) atoms. The maximum Gasteiger partial charge on any atom is 0.315 e. The van der Waals surface area contributed by atoms with E-state index in [4.69, 9.17) is 4.74 Å². The van der Waals surface area contributed by atoms with Crippen molar-refractivity contribution in [2.45, 2.75) is 69.7 Å². The van der Waals surface area contributed by atoms with Gasteiger partial charge in [0.05, 0.1) is 18.2 Å². The molecule has 5 nitrogen and oxygen atoms in total. The molecule has 1 aromatic rings. The monoisotopic (exact) mass is 318 g/mol. The molecule has 2 atom stereocenters. The first kappa shape index (κ1) is 16.1. The van der Waals surface area contributed by atoms with Crippen LogP contribution in [0.5, 0.6) is 5.75 Å². The van der Waals surface area contributed by atoms with E-state index in [1.54, 1.807) is 0 Å². The summed E-state index contributed by atoms with van der Waals surface area (Å²) in [6, 6.07) is 7.48. The van der Waals surface area contributed by atoms with Crippen molar-refractivity contribution in [3.8, 4) is 5.75 Å². The number of benzene rings is 1. The molecule has 2 aliphatic rings. The number of carbonyl (C=O) groups excluding carboxylic acids is 1. The number of nitrogens with one attached hydrogen (secondary N) is 2. The molecule has 0 spiro atoms. The molecule has 2 aliphatic carbocycles. The quantitative estimate of drug-likeness (QED) is 0.782. The Morgan fingerprint density at radius 1 is 1.13 bits per heavy atom. The van der Waals surface area contributed by atoms with Crippen LogP contribution in [0.15, 0.2) is 24.3 Å². The lowest BCUT2D eigenvalue weighted by Crippen LogP contribution is -2.48. The second-order valence-corrected chi connectivity index (χ2v) is 6.56. The molecule has 1 aromatic carbocycles. The SMILES string of the molecule is O=C(NCc1ccccc1OC1CCC1)NC1CCCCC1O. The highest BCUT2D eigenvalue weighted by Crippen LogP contribution is 2.27. The molecule has 3 N–H and O–H groups in total. The molecule has 0 saturated heterocycles. The van der Waals surface area contributed by atoms with Gasteiger partial charge in [0.25, 0.3) is 0 Å². The zero-order valence-electron chi connectivity index (χ0n) is 13.5. The zero-order chi connectivity index (χ0) is 16.1. The standard InChI is InChI=1S/C18H26N2O3/c21-16-10-3-2-9-15(16)20-18(22)19-12-13-6-1-4-11-17(13)23-14-7-5-8-14/h1,4,6,11,14-16,21H,2-3,5,7-10,12H2,(H2,19,20,22). The second-order valence-electron chi connectivity index (χ2n) is 6.56. The first-order valence-corrected chi connectivity index (χ1v) is 8.69. The Hall–Kier alpha value is -1.75. The topological polar surface area (TPSA) is 70.6 Å². The molecular weight excluding hydrogens is 292 g/mol. The third-order valence-electron chi connectivity index (χ3n) is 4.80. The van der Waals surface area contributed by atoms with E-state index in [2.05, 4.69) is 10.6 Å². The highest BCUT2D eigenvalue weighted by molar-refractivity contribution is 5.74. The summed E-state index contributed by atoms with van der Waals surface area (Å²) in [5.41, 5.74) is 0.985. The Morgan fingerprint density at radius 2 is 1.91 bits per heavy atom. The minimum absolute atomic E-state index is 0.134. The van der Waals surface area contributed by atoms with E-state index >= 15 is 0 Å². The van der Waals surface area contributed by atoms with Crippen molar-refractivity contribution in [3.05, 3.63) is 29.8 Å². The predicted molar refractivity (Wildman–Crippen MR) is 88.3 cm³/mol. The molecule has 2 saturated carbocycles. The van der Waals surface area contributed by atoms with Crippen molar-refractivity contribution in [2.75, 3.05) is 0 Å². The smallest absolute Gasteiger partial charge is 0.315 e. The fraction of sp³-hybridized carbons (Fsp3) is 0.611. The molecule has 3 rings (SSSR count). The summed E-state index contributed by atoms with van der Waals surface area (Å²) < 4.78 is 5.97. The molecule has 2 amide bonds. The van der Waals surface area contributed by atoms with Crippen LogP contribution in [0, 0.1) is 0 Å². The van der Waals surface area contributed by atoms with Gasteiger partial charge in [-0.05, 0) is 38.2 Å². The lowest BCUT2D eigenvalue weighted by Gasteiger charge is -2.29. The van der Waals surface area contributed by atoms with Gasteiger partial charge < -0.3 is 20.5 Å². The second kappa shape index (κ2) is 7.68. The molecule has 0 aliphatic heterocycles. The minimum Gasteiger partial charge on any atom is -0.490 e. The maximum absolute atomic E-state index is 12.1. The van der Waals surface area contributed by atoms with Crippen molar-refractivity contribution < 1.29 is 14.6 Å². The van der Waals surface area contributed by atoms with Crippen LogP contribution in [0.1, 0.15) is 50.5 Å². The number of hydrogen-bond donors (Lipinski definition) is 3. The summed E-state index contributed by atoms with van der Waals surface area (Å²) in [6.07, 6.45) is 7.05. The highest BCUT2D eigenvalue weighted by Gasteiger charge is 2.24.